The number of benzene rings is 4. The van der Waals surface area contributed by atoms with Gasteiger partial charge in [0.15, 0.2) is 5.65 Å². The Balaban J connectivity index is 1.62. The van der Waals surface area contributed by atoms with Crippen molar-refractivity contribution in [2.75, 3.05) is 0 Å². The summed E-state index contributed by atoms with van der Waals surface area (Å²) in [5.74, 6) is 0. The third-order valence-electron chi connectivity index (χ3n) is 6.02. The molecule has 0 radical (unpaired) electrons. The molecule has 0 saturated carbocycles. The Bertz CT molecular complexity index is 1650. The second-order valence-corrected chi connectivity index (χ2v) is 8.19. The van der Waals surface area contributed by atoms with E-state index in [4.69, 9.17) is 4.98 Å². The minimum Gasteiger partial charge on any atom is -0.293 e. The summed E-state index contributed by atoms with van der Waals surface area (Å²) in [5, 5.41) is 5.68. The Hall–Kier alpha value is -4.44. The van der Waals surface area contributed by atoms with E-state index in [9.17, 15) is 4.79 Å². The third kappa shape index (κ3) is 3.52. The minimum atomic E-state index is -0.125. The molecule has 4 heteroatoms. The van der Waals surface area contributed by atoms with Crippen LogP contribution in [0.3, 0.4) is 0 Å². The summed E-state index contributed by atoms with van der Waals surface area (Å²) in [6, 6.07) is 36.4. The highest BCUT2D eigenvalue weighted by atomic mass is 16.1. The second-order valence-electron chi connectivity index (χ2n) is 8.19. The molecule has 33 heavy (non-hydrogen) atoms. The predicted molar refractivity (Wildman–Crippen MR) is 133 cm³/mol. The molecule has 2 aromatic heterocycles. The summed E-state index contributed by atoms with van der Waals surface area (Å²) in [6.45, 7) is 0. The number of fused-ring (bicyclic) bond motifs is 2. The summed E-state index contributed by atoms with van der Waals surface area (Å²) in [6.07, 6.45) is 0.673. The molecule has 0 saturated heterocycles. The van der Waals surface area contributed by atoms with Gasteiger partial charge in [-0.1, -0.05) is 97.1 Å². The molecule has 4 aromatic carbocycles. The molecule has 1 N–H and O–H groups in total. The molecular weight excluding hydrogens is 406 g/mol. The van der Waals surface area contributed by atoms with Crippen LogP contribution in [0.2, 0.25) is 0 Å². The summed E-state index contributed by atoms with van der Waals surface area (Å²) in [5.41, 5.74) is 6.24. The van der Waals surface area contributed by atoms with E-state index >= 15 is 0 Å². The van der Waals surface area contributed by atoms with Crippen LogP contribution in [-0.2, 0) is 6.42 Å². The molecule has 0 fully saturated rings. The van der Waals surface area contributed by atoms with E-state index in [0.29, 0.717) is 17.8 Å². The highest BCUT2D eigenvalue weighted by Gasteiger charge is 2.18. The summed E-state index contributed by atoms with van der Waals surface area (Å²) < 4.78 is 1.56. The van der Waals surface area contributed by atoms with Crippen molar-refractivity contribution in [3.63, 3.8) is 0 Å². The molecular formula is C29H21N3O. The smallest absolute Gasteiger partial charge is 0.273 e. The minimum absolute atomic E-state index is 0.125. The van der Waals surface area contributed by atoms with Crippen molar-refractivity contribution in [3.05, 3.63) is 131 Å². The molecule has 0 spiro atoms. The zero-order chi connectivity index (χ0) is 22.2. The first-order valence-electron chi connectivity index (χ1n) is 11.0. The Morgan fingerprint density at radius 3 is 2.18 bits per heavy atom. The number of rotatable bonds is 4. The number of nitrogens with zero attached hydrogens (tertiary/aromatic N) is 2. The predicted octanol–water partition coefficient (Wildman–Crippen LogP) is 6.10. The Labute approximate surface area is 190 Å². The summed E-state index contributed by atoms with van der Waals surface area (Å²) >= 11 is 0. The summed E-state index contributed by atoms with van der Waals surface area (Å²) in [7, 11) is 0. The van der Waals surface area contributed by atoms with E-state index in [1.54, 1.807) is 10.6 Å². The molecule has 158 valence electrons. The average molecular weight is 428 g/mol. The SMILES string of the molecule is O=c1cc(-c2ccccc2)nc2c(-c3ccc4ccccc4c3)c(Cc3ccccc3)[nH]n12. The maximum absolute atomic E-state index is 13.1. The summed E-state index contributed by atoms with van der Waals surface area (Å²) in [4.78, 5) is 18.1. The van der Waals surface area contributed by atoms with Crippen molar-refractivity contribution in [2.24, 2.45) is 0 Å². The fourth-order valence-corrected chi connectivity index (χ4v) is 4.42. The van der Waals surface area contributed by atoms with Gasteiger partial charge in [-0.15, -0.1) is 0 Å². The van der Waals surface area contributed by atoms with E-state index in [0.717, 1.165) is 27.8 Å². The van der Waals surface area contributed by atoms with Crippen LogP contribution >= 0.6 is 0 Å². The monoisotopic (exact) mass is 427 g/mol. The lowest BCUT2D eigenvalue weighted by molar-refractivity contribution is 0.866. The van der Waals surface area contributed by atoms with Crippen LogP contribution in [0, 0.1) is 0 Å². The van der Waals surface area contributed by atoms with Gasteiger partial charge in [0.2, 0.25) is 0 Å². The zero-order valence-electron chi connectivity index (χ0n) is 17.9. The van der Waals surface area contributed by atoms with Gasteiger partial charge in [0.25, 0.3) is 5.56 Å². The lowest BCUT2D eigenvalue weighted by Gasteiger charge is -2.07. The average Bonchev–Trinajstić information content (AvgIpc) is 3.23. The van der Waals surface area contributed by atoms with Crippen molar-refractivity contribution >= 4 is 16.4 Å². The van der Waals surface area contributed by atoms with Crippen LogP contribution in [0.15, 0.2) is 114 Å². The largest absolute Gasteiger partial charge is 0.293 e. The first-order chi connectivity index (χ1) is 16.3. The first-order valence-corrected chi connectivity index (χ1v) is 11.0. The number of H-pyrrole nitrogens is 1. The van der Waals surface area contributed by atoms with Crippen LogP contribution in [0.5, 0.6) is 0 Å². The molecule has 0 amide bonds. The molecule has 0 aliphatic carbocycles. The second kappa shape index (κ2) is 7.92. The Kier molecular flexibility index (Phi) is 4.62. The molecule has 0 bridgehead atoms. The number of hydrogen-bond acceptors (Lipinski definition) is 2. The maximum atomic E-state index is 13.1. The lowest BCUT2D eigenvalue weighted by Crippen LogP contribution is -2.14. The number of aromatic nitrogens is 3. The van der Waals surface area contributed by atoms with Gasteiger partial charge in [-0.2, -0.15) is 0 Å². The fourth-order valence-electron chi connectivity index (χ4n) is 4.42. The van der Waals surface area contributed by atoms with Gasteiger partial charge in [-0.25, -0.2) is 9.50 Å². The number of nitrogens with one attached hydrogen (secondary N) is 1. The van der Waals surface area contributed by atoms with Crippen molar-refractivity contribution < 1.29 is 0 Å². The molecule has 0 aliphatic rings. The maximum Gasteiger partial charge on any atom is 0.273 e. The van der Waals surface area contributed by atoms with E-state index < -0.39 is 0 Å². The van der Waals surface area contributed by atoms with Gasteiger partial charge < -0.3 is 0 Å². The Morgan fingerprint density at radius 2 is 1.39 bits per heavy atom. The number of hydrogen-bond donors (Lipinski definition) is 1. The van der Waals surface area contributed by atoms with Crippen LogP contribution in [0.25, 0.3) is 38.8 Å². The topological polar surface area (TPSA) is 50.2 Å². The van der Waals surface area contributed by atoms with Gasteiger partial charge in [-0.3, -0.25) is 9.89 Å². The van der Waals surface area contributed by atoms with E-state index in [2.05, 4.69) is 47.6 Å². The van der Waals surface area contributed by atoms with Crippen molar-refractivity contribution in [1.82, 2.24) is 14.6 Å². The quantitative estimate of drug-likeness (QED) is 0.369. The van der Waals surface area contributed by atoms with Crippen molar-refractivity contribution in [2.45, 2.75) is 6.42 Å². The van der Waals surface area contributed by atoms with Gasteiger partial charge >= 0.3 is 0 Å². The molecule has 6 aromatic rings. The van der Waals surface area contributed by atoms with Crippen molar-refractivity contribution in [3.8, 4) is 22.4 Å². The van der Waals surface area contributed by atoms with Crippen LogP contribution in [0.4, 0.5) is 0 Å². The molecule has 2 heterocycles. The molecule has 0 atom stereocenters. The third-order valence-corrected chi connectivity index (χ3v) is 6.02. The van der Waals surface area contributed by atoms with Gasteiger partial charge in [0.1, 0.15) is 0 Å². The lowest BCUT2D eigenvalue weighted by atomic mass is 9.98. The van der Waals surface area contributed by atoms with E-state index in [1.165, 1.54) is 10.9 Å². The molecule has 6 rings (SSSR count). The molecule has 4 nitrogen and oxygen atoms in total. The van der Waals surface area contributed by atoms with Gasteiger partial charge in [-0.05, 0) is 28.0 Å². The van der Waals surface area contributed by atoms with E-state index in [-0.39, 0.29) is 5.56 Å². The Morgan fingerprint density at radius 1 is 0.697 bits per heavy atom. The normalized spacial score (nSPS) is 11.3. The van der Waals surface area contributed by atoms with Crippen LogP contribution in [-0.4, -0.2) is 14.6 Å². The van der Waals surface area contributed by atoms with E-state index in [1.807, 2.05) is 60.7 Å². The van der Waals surface area contributed by atoms with Gasteiger partial charge in [0.05, 0.1) is 5.69 Å². The van der Waals surface area contributed by atoms with Crippen molar-refractivity contribution in [1.29, 1.82) is 0 Å². The van der Waals surface area contributed by atoms with Gasteiger partial charge in [0, 0.05) is 29.3 Å². The zero-order valence-corrected chi connectivity index (χ0v) is 17.9. The molecule has 0 unspecified atom stereocenters. The highest BCUT2D eigenvalue weighted by Crippen LogP contribution is 2.32. The standard InChI is InChI=1S/C29H21N3O/c33-27-19-25(22-12-5-2-6-13-22)30-29-28(24-16-15-21-11-7-8-14-23(21)18-24)26(31-32(27)29)17-20-9-3-1-4-10-20/h1-16,18-19,31H,17H2. The van der Waals surface area contributed by atoms with Crippen LogP contribution in [0.1, 0.15) is 11.3 Å². The number of aromatic amines is 1. The van der Waals surface area contributed by atoms with Crippen LogP contribution < -0.4 is 5.56 Å². The molecule has 0 aliphatic heterocycles. The first kappa shape index (κ1) is 19.3. The highest BCUT2D eigenvalue weighted by molar-refractivity contribution is 5.91. The fraction of sp³-hybridized carbons (Fsp3) is 0.0345.